The Balaban J connectivity index is 2.59. The maximum Gasteiger partial charge on any atom is 0.407 e. The Kier molecular flexibility index (Phi) is 5.69. The second-order valence-corrected chi connectivity index (χ2v) is 6.85. The fourth-order valence-electron chi connectivity index (χ4n) is 1.58. The third-order valence-electron chi connectivity index (χ3n) is 2.40. The molecule has 1 rings (SSSR count). The summed E-state index contributed by atoms with van der Waals surface area (Å²) in [5.41, 5.74) is 0.414. The molecule has 0 aliphatic rings. The molecule has 0 aliphatic carbocycles. The lowest BCUT2D eigenvalue weighted by Gasteiger charge is -2.22. The van der Waals surface area contributed by atoms with Crippen LogP contribution in [0.25, 0.3) is 0 Å². The number of carbonyl (C=O) groups is 1. The first-order valence-electron chi connectivity index (χ1n) is 6.13. The number of alkyl carbamates (subject to hydrolysis) is 1. The zero-order valence-corrected chi connectivity index (χ0v) is 12.6. The van der Waals surface area contributed by atoms with E-state index in [-0.39, 0.29) is 5.25 Å². The van der Waals surface area contributed by atoms with Crippen LogP contribution in [0.4, 0.5) is 4.79 Å². The van der Waals surface area contributed by atoms with Gasteiger partial charge in [0.2, 0.25) is 0 Å². The van der Waals surface area contributed by atoms with E-state index >= 15 is 0 Å². The first-order valence-corrected chi connectivity index (χ1v) is 7.76. The number of rotatable bonds is 4. The van der Waals surface area contributed by atoms with E-state index in [1.165, 1.54) is 0 Å². The van der Waals surface area contributed by atoms with Crippen LogP contribution < -0.4 is 5.32 Å². The Hall–Kier alpha value is -1.20. The van der Waals surface area contributed by atoms with Gasteiger partial charge in [0.1, 0.15) is 5.60 Å². The minimum absolute atomic E-state index is 0.228. The Bertz CT molecular complexity index is 401. The molecule has 5 heteroatoms. The predicted octanol–water partition coefficient (Wildman–Crippen LogP) is 2.63. The van der Waals surface area contributed by atoms with Gasteiger partial charge < -0.3 is 14.6 Å². The van der Waals surface area contributed by atoms with E-state index in [0.717, 1.165) is 5.56 Å². The van der Waals surface area contributed by atoms with Gasteiger partial charge >= 0.3 is 6.09 Å². The fraction of sp³-hybridized carbons (Fsp3) is 0.500. The Morgan fingerprint density at radius 2 is 1.95 bits per heavy atom. The number of ether oxygens (including phenoxy) is 1. The molecular weight excluding hydrogens is 262 g/mol. The molecular formula is C14H21NO3S. The van der Waals surface area contributed by atoms with Crippen molar-refractivity contribution in [1.29, 1.82) is 0 Å². The van der Waals surface area contributed by atoms with Crippen molar-refractivity contribution in [2.24, 2.45) is 0 Å². The van der Waals surface area contributed by atoms with Crippen LogP contribution in [0.5, 0.6) is 0 Å². The minimum atomic E-state index is -1.06. The summed E-state index contributed by atoms with van der Waals surface area (Å²) in [5.74, 6) is 0. The van der Waals surface area contributed by atoms with Gasteiger partial charge in [0.05, 0.1) is 12.8 Å². The summed E-state index contributed by atoms with van der Waals surface area (Å²) >= 11 is -1.06. The maximum absolute atomic E-state index is 11.8. The molecule has 0 saturated carbocycles. The third-order valence-corrected chi connectivity index (χ3v) is 3.64. The van der Waals surface area contributed by atoms with Crippen LogP contribution in [0.2, 0.25) is 0 Å². The van der Waals surface area contributed by atoms with Gasteiger partial charge in [0.25, 0.3) is 0 Å². The van der Waals surface area contributed by atoms with Gasteiger partial charge in [-0.3, -0.25) is 0 Å². The van der Waals surface area contributed by atoms with Gasteiger partial charge in [-0.2, -0.15) is 0 Å². The molecule has 0 fully saturated rings. The Morgan fingerprint density at radius 1 is 1.37 bits per heavy atom. The topological polar surface area (TPSA) is 61.4 Å². The number of hydrogen-bond donors (Lipinski definition) is 1. The number of carbonyl (C=O) groups excluding carboxylic acids is 1. The molecule has 4 nitrogen and oxygen atoms in total. The van der Waals surface area contributed by atoms with Crippen LogP contribution in [-0.2, 0) is 15.9 Å². The largest absolute Gasteiger partial charge is 0.616 e. The molecule has 0 bridgehead atoms. The van der Waals surface area contributed by atoms with Crippen LogP contribution in [0.1, 0.15) is 31.6 Å². The zero-order valence-electron chi connectivity index (χ0n) is 11.8. The summed E-state index contributed by atoms with van der Waals surface area (Å²) in [7, 11) is 0. The molecule has 0 aromatic heterocycles. The summed E-state index contributed by atoms with van der Waals surface area (Å²) in [6, 6.07) is 9.50. The quantitative estimate of drug-likeness (QED) is 0.864. The zero-order chi connectivity index (χ0) is 14.5. The molecule has 0 aliphatic heterocycles. The maximum atomic E-state index is 11.8. The standard InChI is InChI=1S/C14H21NO3S/c1-14(2,3)18-13(16)15-10-12(19(4)17)11-8-6-5-7-9-11/h5-9,12H,10H2,1-4H3,(H,15,16). The van der Waals surface area contributed by atoms with Gasteiger partial charge in [-0.25, -0.2) is 4.79 Å². The second kappa shape index (κ2) is 6.82. The van der Waals surface area contributed by atoms with E-state index in [2.05, 4.69) is 5.32 Å². The molecule has 0 saturated heterocycles. The number of nitrogens with one attached hydrogen (secondary N) is 1. The second-order valence-electron chi connectivity index (χ2n) is 5.28. The van der Waals surface area contributed by atoms with E-state index < -0.39 is 22.9 Å². The van der Waals surface area contributed by atoms with Crippen molar-refractivity contribution < 1.29 is 14.1 Å². The lowest BCUT2D eigenvalue weighted by molar-refractivity contribution is 0.0528. The van der Waals surface area contributed by atoms with Crippen LogP contribution in [0.3, 0.4) is 0 Å². The highest BCUT2D eigenvalue weighted by Crippen LogP contribution is 2.20. The first kappa shape index (κ1) is 15.9. The van der Waals surface area contributed by atoms with Crippen molar-refractivity contribution >= 4 is 17.3 Å². The monoisotopic (exact) mass is 283 g/mol. The van der Waals surface area contributed by atoms with Crippen molar-refractivity contribution in [3.63, 3.8) is 0 Å². The molecule has 1 aromatic rings. The van der Waals surface area contributed by atoms with E-state index in [0.29, 0.717) is 6.54 Å². The van der Waals surface area contributed by atoms with Crippen molar-refractivity contribution in [1.82, 2.24) is 5.32 Å². The van der Waals surface area contributed by atoms with E-state index in [4.69, 9.17) is 4.74 Å². The van der Waals surface area contributed by atoms with Crippen LogP contribution in [0.15, 0.2) is 30.3 Å². The minimum Gasteiger partial charge on any atom is -0.616 e. The van der Waals surface area contributed by atoms with Gasteiger partial charge in [0.15, 0.2) is 5.25 Å². The summed E-state index contributed by atoms with van der Waals surface area (Å²) in [4.78, 5) is 11.6. The molecule has 106 valence electrons. The van der Waals surface area contributed by atoms with Gasteiger partial charge in [-0.15, -0.1) is 0 Å². The summed E-state index contributed by atoms with van der Waals surface area (Å²) < 4.78 is 16.9. The summed E-state index contributed by atoms with van der Waals surface area (Å²) in [5, 5.41) is 2.44. The van der Waals surface area contributed by atoms with Crippen molar-refractivity contribution in [2.75, 3.05) is 12.8 Å². The molecule has 0 spiro atoms. The fourth-order valence-corrected chi connectivity index (χ4v) is 2.44. The van der Waals surface area contributed by atoms with Crippen molar-refractivity contribution in [3.8, 4) is 0 Å². The Morgan fingerprint density at radius 3 is 2.42 bits per heavy atom. The summed E-state index contributed by atoms with van der Waals surface area (Å²) in [6.45, 7) is 5.71. The van der Waals surface area contributed by atoms with E-state index in [1.54, 1.807) is 27.0 Å². The molecule has 1 amide bonds. The molecule has 2 atom stereocenters. The van der Waals surface area contributed by atoms with Crippen molar-refractivity contribution in [3.05, 3.63) is 35.9 Å². The van der Waals surface area contributed by atoms with E-state index in [9.17, 15) is 9.35 Å². The molecule has 0 radical (unpaired) electrons. The first-order chi connectivity index (χ1) is 8.79. The highest BCUT2D eigenvalue weighted by molar-refractivity contribution is 7.90. The van der Waals surface area contributed by atoms with Crippen LogP contribution in [-0.4, -0.2) is 29.0 Å². The van der Waals surface area contributed by atoms with E-state index in [1.807, 2.05) is 30.3 Å². The SMILES string of the molecule is C[S+]([O-])C(CNC(=O)OC(C)(C)C)c1ccccc1. The molecule has 0 heterocycles. The number of amides is 1. The van der Waals surface area contributed by atoms with Gasteiger partial charge in [-0.05, 0) is 31.9 Å². The smallest absolute Gasteiger partial charge is 0.407 e. The molecule has 1 aromatic carbocycles. The van der Waals surface area contributed by atoms with Gasteiger partial charge in [0, 0.05) is 5.56 Å². The number of hydrogen-bond acceptors (Lipinski definition) is 3. The number of benzene rings is 1. The summed E-state index contributed by atoms with van der Waals surface area (Å²) in [6.07, 6.45) is 1.15. The lowest BCUT2D eigenvalue weighted by Crippen LogP contribution is -2.36. The molecule has 2 unspecified atom stereocenters. The van der Waals surface area contributed by atoms with Gasteiger partial charge in [-0.1, -0.05) is 30.3 Å². The van der Waals surface area contributed by atoms with Crippen molar-refractivity contribution in [2.45, 2.75) is 31.6 Å². The van der Waals surface area contributed by atoms with Crippen LogP contribution >= 0.6 is 0 Å². The lowest BCUT2D eigenvalue weighted by atomic mass is 10.1. The molecule has 19 heavy (non-hydrogen) atoms. The highest BCUT2D eigenvalue weighted by atomic mass is 32.2. The normalized spacial score (nSPS) is 14.6. The highest BCUT2D eigenvalue weighted by Gasteiger charge is 2.23. The third kappa shape index (κ3) is 5.98. The average molecular weight is 283 g/mol. The average Bonchev–Trinajstić information content (AvgIpc) is 2.27. The van der Waals surface area contributed by atoms with Crippen LogP contribution in [0, 0.1) is 0 Å². The molecule has 1 N–H and O–H groups in total. The predicted molar refractivity (Wildman–Crippen MR) is 77.5 cm³/mol. The Labute approximate surface area is 117 Å².